The summed E-state index contributed by atoms with van der Waals surface area (Å²) >= 11 is 1.42. The van der Waals surface area contributed by atoms with E-state index in [4.69, 9.17) is 24.2 Å². The minimum atomic E-state index is -0.530. The number of fused-ring (bicyclic) bond motifs is 5. The molecule has 5 atom stereocenters. The molecule has 5 unspecified atom stereocenters. The van der Waals surface area contributed by atoms with Crippen molar-refractivity contribution in [2.75, 3.05) is 39.3 Å². The topological polar surface area (TPSA) is 97.3 Å². The van der Waals surface area contributed by atoms with Crippen LogP contribution in [-0.2, 0) is 9.47 Å². The van der Waals surface area contributed by atoms with Crippen LogP contribution in [0.1, 0.15) is 69.0 Å². The summed E-state index contributed by atoms with van der Waals surface area (Å²) in [6.07, 6.45) is 5.57. The van der Waals surface area contributed by atoms with Crippen LogP contribution in [-0.4, -0.2) is 96.0 Å². The highest BCUT2D eigenvalue weighted by Gasteiger charge is 2.49. The van der Waals surface area contributed by atoms with Crippen LogP contribution in [0.2, 0.25) is 0 Å². The Balaban J connectivity index is 1.28. The minimum absolute atomic E-state index is 0.0487. The molecule has 1 aromatic carbocycles. The normalized spacial score (nSPS) is 27.0. The van der Waals surface area contributed by atoms with Gasteiger partial charge in [-0.25, -0.2) is 4.79 Å². The zero-order valence-electron chi connectivity index (χ0n) is 27.7. The lowest BCUT2D eigenvalue weighted by Gasteiger charge is -2.40. The number of methoxy groups -OCH3 is 1. The van der Waals surface area contributed by atoms with E-state index in [0.717, 1.165) is 72.3 Å². The number of amides is 2. The second-order valence-electron chi connectivity index (χ2n) is 14.6. The Labute approximate surface area is 275 Å². The smallest absolute Gasteiger partial charge is 0.410 e. The molecule has 3 aromatic rings. The molecule has 11 heteroatoms. The molecule has 246 valence electrons. The number of anilines is 1. The van der Waals surface area contributed by atoms with E-state index in [1.165, 1.54) is 11.3 Å². The standard InChI is InChI=1S/C35H45N5O5S/c1-35(2,3)45-34(42)39-18-22-16-25(39)17-26(22)44-33-36-30(40-23-12-13-24(40)15-20(14-23)19-43-6)28-27(21-10-8-7-9-11-21)29(32(41)38(4)5)46-31(28)37-33/h7-11,20,22-26H,12-19H2,1-6H3. The first-order chi connectivity index (χ1) is 22.0. The maximum Gasteiger partial charge on any atom is 0.410 e. The van der Waals surface area contributed by atoms with E-state index in [0.29, 0.717) is 35.4 Å². The first-order valence-corrected chi connectivity index (χ1v) is 17.4. The van der Waals surface area contributed by atoms with E-state index in [2.05, 4.69) is 17.0 Å². The summed E-state index contributed by atoms with van der Waals surface area (Å²) in [7, 11) is 5.37. The third kappa shape index (κ3) is 5.70. The molecule has 10 nitrogen and oxygen atoms in total. The largest absolute Gasteiger partial charge is 0.460 e. The summed E-state index contributed by atoms with van der Waals surface area (Å²) < 4.78 is 17.9. The van der Waals surface area contributed by atoms with Crippen molar-refractivity contribution < 1.29 is 23.8 Å². The number of aromatic nitrogens is 2. The number of hydrogen-bond donors (Lipinski definition) is 0. The molecule has 1 saturated carbocycles. The van der Waals surface area contributed by atoms with Crippen LogP contribution in [0.25, 0.3) is 21.3 Å². The van der Waals surface area contributed by atoms with Crippen molar-refractivity contribution in [1.29, 1.82) is 0 Å². The third-order valence-corrected chi connectivity index (χ3v) is 11.1. The van der Waals surface area contributed by atoms with Crippen LogP contribution in [0.4, 0.5) is 10.6 Å². The molecule has 0 N–H and O–H groups in total. The Morgan fingerprint density at radius 3 is 2.33 bits per heavy atom. The Kier molecular flexibility index (Phi) is 8.12. The quantitative estimate of drug-likeness (QED) is 0.298. The number of ether oxygens (including phenoxy) is 3. The average molecular weight is 648 g/mol. The molecule has 7 rings (SSSR count). The second kappa shape index (κ2) is 12.0. The minimum Gasteiger partial charge on any atom is -0.460 e. The summed E-state index contributed by atoms with van der Waals surface area (Å²) in [6.45, 7) is 7.07. The molecule has 4 aliphatic rings. The second-order valence-corrected chi connectivity index (χ2v) is 15.6. The number of carbonyl (C=O) groups excluding carboxylic acids is 2. The number of likely N-dealkylation sites (tertiary alicyclic amines) is 1. The van der Waals surface area contributed by atoms with Crippen LogP contribution < -0.4 is 9.64 Å². The van der Waals surface area contributed by atoms with E-state index < -0.39 is 5.60 Å². The van der Waals surface area contributed by atoms with Crippen LogP contribution in [0.5, 0.6) is 6.01 Å². The van der Waals surface area contributed by atoms with Crippen molar-refractivity contribution in [2.45, 2.75) is 89.1 Å². The fourth-order valence-electron chi connectivity index (χ4n) is 8.17. The molecule has 2 aromatic heterocycles. The van der Waals surface area contributed by atoms with Gasteiger partial charge in [0.15, 0.2) is 0 Å². The molecule has 2 amide bonds. The molecular weight excluding hydrogens is 602 g/mol. The predicted octanol–water partition coefficient (Wildman–Crippen LogP) is 6.23. The van der Waals surface area contributed by atoms with E-state index in [9.17, 15) is 9.59 Å². The van der Waals surface area contributed by atoms with Gasteiger partial charge in [0.2, 0.25) is 0 Å². The lowest BCUT2D eigenvalue weighted by molar-refractivity contribution is 0.00978. The van der Waals surface area contributed by atoms with Crippen LogP contribution in [0.3, 0.4) is 0 Å². The van der Waals surface area contributed by atoms with E-state index in [1.807, 2.05) is 43.9 Å². The van der Waals surface area contributed by atoms with Gasteiger partial charge in [0, 0.05) is 70.4 Å². The number of piperidine rings is 2. The monoisotopic (exact) mass is 647 g/mol. The first-order valence-electron chi connectivity index (χ1n) is 16.6. The van der Waals surface area contributed by atoms with Crippen molar-refractivity contribution in [3.8, 4) is 17.1 Å². The van der Waals surface area contributed by atoms with E-state index in [1.54, 1.807) is 26.1 Å². The van der Waals surface area contributed by atoms with Gasteiger partial charge in [0.05, 0.1) is 5.39 Å². The van der Waals surface area contributed by atoms with E-state index >= 15 is 0 Å². The van der Waals surface area contributed by atoms with Crippen molar-refractivity contribution in [3.63, 3.8) is 0 Å². The van der Waals surface area contributed by atoms with Crippen molar-refractivity contribution >= 4 is 39.4 Å². The fourth-order valence-corrected chi connectivity index (χ4v) is 9.38. The lowest BCUT2D eigenvalue weighted by atomic mass is 9.91. The highest BCUT2D eigenvalue weighted by molar-refractivity contribution is 7.21. The Bertz CT molecular complexity index is 1610. The number of nitrogens with zero attached hydrogens (tertiary/aromatic N) is 5. The highest BCUT2D eigenvalue weighted by atomic mass is 32.1. The number of hydrogen-bond acceptors (Lipinski definition) is 9. The molecule has 5 heterocycles. The summed E-state index contributed by atoms with van der Waals surface area (Å²) in [5.74, 6) is 1.54. The van der Waals surface area contributed by atoms with Gasteiger partial charge in [-0.3, -0.25) is 4.79 Å². The molecule has 3 aliphatic heterocycles. The van der Waals surface area contributed by atoms with Gasteiger partial charge in [-0.15, -0.1) is 11.3 Å². The van der Waals surface area contributed by atoms with Crippen LogP contribution in [0, 0.1) is 11.8 Å². The molecule has 4 fully saturated rings. The zero-order valence-corrected chi connectivity index (χ0v) is 28.5. The van der Waals surface area contributed by atoms with Crippen molar-refractivity contribution in [2.24, 2.45) is 11.8 Å². The number of carbonyl (C=O) groups is 2. The van der Waals surface area contributed by atoms with Gasteiger partial charge in [-0.05, 0) is 64.4 Å². The molecule has 4 bridgehead atoms. The maximum absolute atomic E-state index is 13.7. The van der Waals surface area contributed by atoms with Crippen LogP contribution in [0.15, 0.2) is 30.3 Å². The van der Waals surface area contributed by atoms with Crippen molar-refractivity contribution in [3.05, 3.63) is 35.2 Å². The van der Waals surface area contributed by atoms with E-state index in [-0.39, 0.29) is 30.1 Å². The third-order valence-electron chi connectivity index (χ3n) is 10.0. The lowest BCUT2D eigenvalue weighted by Crippen LogP contribution is -2.45. The van der Waals surface area contributed by atoms with Crippen LogP contribution >= 0.6 is 11.3 Å². The predicted molar refractivity (Wildman–Crippen MR) is 179 cm³/mol. The summed E-state index contributed by atoms with van der Waals surface area (Å²) in [5.41, 5.74) is 1.35. The van der Waals surface area contributed by atoms with Gasteiger partial charge in [0.1, 0.15) is 27.2 Å². The molecule has 46 heavy (non-hydrogen) atoms. The SMILES string of the molecule is COCC1CC2CCC(C1)N2c1nc(OC2CC3CC2CN3C(=O)OC(C)(C)C)nc2sc(C(=O)N(C)C)c(-c3ccccc3)c12. The van der Waals surface area contributed by atoms with Gasteiger partial charge in [-0.1, -0.05) is 30.3 Å². The number of benzene rings is 1. The first kappa shape index (κ1) is 31.2. The Morgan fingerprint density at radius 1 is 1.00 bits per heavy atom. The van der Waals surface area contributed by atoms with Gasteiger partial charge in [-0.2, -0.15) is 9.97 Å². The molecule has 3 saturated heterocycles. The summed E-state index contributed by atoms with van der Waals surface area (Å²) in [4.78, 5) is 44.2. The highest BCUT2D eigenvalue weighted by Crippen LogP contribution is 2.49. The summed E-state index contributed by atoms with van der Waals surface area (Å²) in [6, 6.07) is 11.3. The summed E-state index contributed by atoms with van der Waals surface area (Å²) in [5, 5.41) is 0.930. The van der Waals surface area contributed by atoms with Gasteiger partial charge in [0.25, 0.3) is 5.91 Å². The zero-order chi connectivity index (χ0) is 32.3. The molecule has 0 spiro atoms. The van der Waals surface area contributed by atoms with Crippen molar-refractivity contribution in [1.82, 2.24) is 19.8 Å². The maximum atomic E-state index is 13.7. The number of rotatable bonds is 7. The Hall–Kier alpha value is -3.44. The van der Waals surface area contributed by atoms with Gasteiger partial charge >= 0.3 is 12.1 Å². The average Bonchev–Trinajstić information content (AvgIpc) is 3.76. The molecule has 0 radical (unpaired) electrons. The molecular formula is C35H45N5O5S. The number of thiophene rings is 1. The van der Waals surface area contributed by atoms with Gasteiger partial charge < -0.3 is 28.9 Å². The fraction of sp³-hybridized carbons (Fsp3) is 0.600. The molecule has 1 aliphatic carbocycles. The Morgan fingerprint density at radius 2 is 1.72 bits per heavy atom.